The summed E-state index contributed by atoms with van der Waals surface area (Å²) in [5.74, 6) is 0.0164. The molecule has 0 radical (unpaired) electrons. The fraction of sp³-hybridized carbons (Fsp3) is 0.900. The number of carbonyl (C=O) groups excluding carboxylic acids is 2. The lowest BCUT2D eigenvalue weighted by atomic mass is 10.1. The quantitative estimate of drug-likeness (QED) is 0.384. The van der Waals surface area contributed by atoms with Crippen molar-refractivity contribution in [2.45, 2.75) is 57.0 Å². The van der Waals surface area contributed by atoms with Gasteiger partial charge in [-0.3, -0.25) is 19.3 Å². The zero-order chi connectivity index (χ0) is 19.6. The number of amides is 2. The van der Waals surface area contributed by atoms with Crippen LogP contribution in [0, 0.1) is 0 Å². The Hall–Kier alpha value is -1.22. The van der Waals surface area contributed by atoms with Crippen molar-refractivity contribution in [3.8, 4) is 0 Å². The Morgan fingerprint density at radius 1 is 1.14 bits per heavy atom. The number of rotatable bonds is 11. The molecule has 3 heterocycles. The third-order valence-corrected chi connectivity index (χ3v) is 6.14. The van der Waals surface area contributed by atoms with Crippen LogP contribution in [-0.4, -0.2) is 98.2 Å². The second-order valence-corrected chi connectivity index (χ2v) is 8.25. The molecule has 2 atom stereocenters. The summed E-state index contributed by atoms with van der Waals surface area (Å²) in [4.78, 5) is 34.6. The lowest BCUT2D eigenvalue weighted by Crippen LogP contribution is -2.51. The van der Waals surface area contributed by atoms with Gasteiger partial charge >= 0.3 is 0 Å². The predicted molar refractivity (Wildman–Crippen MR) is 108 cm³/mol. The van der Waals surface area contributed by atoms with Crippen LogP contribution in [0.4, 0.5) is 0 Å². The van der Waals surface area contributed by atoms with E-state index in [0.717, 1.165) is 64.9 Å². The molecule has 0 aromatic heterocycles. The van der Waals surface area contributed by atoms with Crippen molar-refractivity contribution < 1.29 is 14.4 Å². The second kappa shape index (κ2) is 11.7. The normalized spacial score (nSPS) is 24.9. The second-order valence-electron chi connectivity index (χ2n) is 8.25. The van der Waals surface area contributed by atoms with E-state index >= 15 is 0 Å². The molecule has 0 aliphatic carbocycles. The molecule has 2 unspecified atom stereocenters. The fourth-order valence-electron chi connectivity index (χ4n) is 4.45. The first kappa shape index (κ1) is 21.5. The van der Waals surface area contributed by atoms with Gasteiger partial charge in [-0.25, -0.2) is 5.06 Å². The molecule has 3 aliphatic heterocycles. The number of nitrogens with one attached hydrogen (secondary N) is 2. The molecule has 28 heavy (non-hydrogen) atoms. The Balaban J connectivity index is 1.45. The predicted octanol–water partition coefficient (Wildman–Crippen LogP) is 0.195. The SMILES string of the molecule is O=CN(CC1CCCCN1)OCC(C(=O)NCCN1CCCC1)N1CCCC1. The van der Waals surface area contributed by atoms with Gasteiger partial charge in [-0.05, 0) is 71.2 Å². The molecule has 2 amide bonds. The summed E-state index contributed by atoms with van der Waals surface area (Å²) < 4.78 is 0. The Kier molecular flexibility index (Phi) is 8.98. The molecule has 3 rings (SSSR count). The highest BCUT2D eigenvalue weighted by atomic mass is 16.7. The molecule has 0 spiro atoms. The lowest BCUT2D eigenvalue weighted by Gasteiger charge is -2.31. The minimum atomic E-state index is -0.331. The molecule has 0 bridgehead atoms. The average Bonchev–Trinajstić information content (AvgIpc) is 3.42. The highest BCUT2D eigenvalue weighted by molar-refractivity contribution is 5.82. The maximum atomic E-state index is 12.8. The van der Waals surface area contributed by atoms with Crippen molar-refractivity contribution in [2.24, 2.45) is 0 Å². The molecule has 160 valence electrons. The minimum absolute atomic E-state index is 0.0164. The van der Waals surface area contributed by atoms with Gasteiger partial charge in [-0.1, -0.05) is 6.42 Å². The van der Waals surface area contributed by atoms with E-state index in [0.29, 0.717) is 13.1 Å². The van der Waals surface area contributed by atoms with Crippen molar-refractivity contribution in [1.29, 1.82) is 0 Å². The maximum absolute atomic E-state index is 12.8. The molecular weight excluding hydrogens is 358 g/mol. The van der Waals surface area contributed by atoms with Crippen LogP contribution >= 0.6 is 0 Å². The van der Waals surface area contributed by atoms with E-state index < -0.39 is 0 Å². The highest BCUT2D eigenvalue weighted by Gasteiger charge is 2.29. The Bertz CT molecular complexity index is 474. The third-order valence-electron chi connectivity index (χ3n) is 6.14. The van der Waals surface area contributed by atoms with Gasteiger partial charge in [0.25, 0.3) is 0 Å². The van der Waals surface area contributed by atoms with E-state index in [1.165, 1.54) is 30.7 Å². The van der Waals surface area contributed by atoms with Gasteiger partial charge in [-0.2, -0.15) is 0 Å². The summed E-state index contributed by atoms with van der Waals surface area (Å²) in [6.07, 6.45) is 8.91. The smallest absolute Gasteiger partial charge is 0.239 e. The van der Waals surface area contributed by atoms with Crippen LogP contribution < -0.4 is 10.6 Å². The number of hydroxylamine groups is 2. The van der Waals surface area contributed by atoms with Crippen LogP contribution in [0.5, 0.6) is 0 Å². The van der Waals surface area contributed by atoms with E-state index in [2.05, 4.69) is 20.4 Å². The van der Waals surface area contributed by atoms with Crippen LogP contribution in [0.3, 0.4) is 0 Å². The molecule has 0 aromatic rings. The molecule has 3 fully saturated rings. The zero-order valence-electron chi connectivity index (χ0n) is 17.1. The molecular formula is C20H37N5O3. The van der Waals surface area contributed by atoms with Gasteiger partial charge in [0, 0.05) is 19.1 Å². The van der Waals surface area contributed by atoms with Crippen LogP contribution in [0.1, 0.15) is 44.9 Å². The van der Waals surface area contributed by atoms with Crippen molar-refractivity contribution in [2.75, 3.05) is 59.0 Å². The standard InChI is InChI=1S/C20H37N5O3/c26-17-25(15-18-7-1-2-8-21-18)28-16-19(24-12-5-6-13-24)20(27)22-9-14-23-10-3-4-11-23/h17-19,21H,1-16H2,(H,22,27). The van der Waals surface area contributed by atoms with Crippen LogP contribution in [0.15, 0.2) is 0 Å². The van der Waals surface area contributed by atoms with E-state index in [1.54, 1.807) is 0 Å². The highest BCUT2D eigenvalue weighted by Crippen LogP contribution is 2.14. The Morgan fingerprint density at radius 2 is 1.89 bits per heavy atom. The zero-order valence-corrected chi connectivity index (χ0v) is 17.1. The molecule has 8 heteroatoms. The van der Waals surface area contributed by atoms with Crippen molar-refractivity contribution in [3.63, 3.8) is 0 Å². The van der Waals surface area contributed by atoms with Gasteiger partial charge in [0.2, 0.25) is 12.3 Å². The number of piperidine rings is 1. The Morgan fingerprint density at radius 3 is 2.57 bits per heavy atom. The van der Waals surface area contributed by atoms with Crippen molar-refractivity contribution in [1.82, 2.24) is 25.5 Å². The third kappa shape index (κ3) is 6.69. The summed E-state index contributed by atoms with van der Waals surface area (Å²) >= 11 is 0. The monoisotopic (exact) mass is 395 g/mol. The van der Waals surface area contributed by atoms with Gasteiger partial charge in [-0.15, -0.1) is 0 Å². The molecule has 0 saturated carbocycles. The average molecular weight is 396 g/mol. The van der Waals surface area contributed by atoms with Gasteiger partial charge in [0.15, 0.2) is 0 Å². The summed E-state index contributed by atoms with van der Waals surface area (Å²) in [7, 11) is 0. The number of carbonyl (C=O) groups is 2. The first-order valence-electron chi connectivity index (χ1n) is 11.1. The molecule has 8 nitrogen and oxygen atoms in total. The summed E-state index contributed by atoms with van der Waals surface area (Å²) in [5, 5.41) is 7.88. The fourth-order valence-corrected chi connectivity index (χ4v) is 4.45. The van der Waals surface area contributed by atoms with Crippen LogP contribution in [0.2, 0.25) is 0 Å². The topological polar surface area (TPSA) is 77.1 Å². The number of likely N-dealkylation sites (tertiary alicyclic amines) is 2. The first-order chi connectivity index (χ1) is 13.8. The van der Waals surface area contributed by atoms with E-state index in [9.17, 15) is 9.59 Å². The molecule has 3 saturated heterocycles. The first-order valence-corrected chi connectivity index (χ1v) is 11.1. The Labute approximate surface area is 168 Å². The molecule has 0 aromatic carbocycles. The number of hydrogen-bond donors (Lipinski definition) is 2. The van der Waals surface area contributed by atoms with Gasteiger partial charge in [0.05, 0.1) is 13.2 Å². The number of nitrogens with zero attached hydrogens (tertiary/aromatic N) is 3. The number of hydrogen-bond acceptors (Lipinski definition) is 6. The minimum Gasteiger partial charge on any atom is -0.353 e. The molecule has 2 N–H and O–H groups in total. The van der Waals surface area contributed by atoms with E-state index in [1.807, 2.05) is 0 Å². The lowest BCUT2D eigenvalue weighted by molar-refractivity contribution is -0.182. The molecule has 3 aliphatic rings. The van der Waals surface area contributed by atoms with Gasteiger partial charge in [0.1, 0.15) is 6.04 Å². The van der Waals surface area contributed by atoms with Crippen molar-refractivity contribution >= 4 is 12.3 Å². The van der Waals surface area contributed by atoms with E-state index in [4.69, 9.17) is 4.84 Å². The summed E-state index contributed by atoms with van der Waals surface area (Å²) in [6.45, 7) is 7.44. The van der Waals surface area contributed by atoms with Crippen LogP contribution in [-0.2, 0) is 14.4 Å². The van der Waals surface area contributed by atoms with Crippen molar-refractivity contribution in [3.05, 3.63) is 0 Å². The van der Waals surface area contributed by atoms with Crippen LogP contribution in [0.25, 0.3) is 0 Å². The van der Waals surface area contributed by atoms with Gasteiger partial charge < -0.3 is 15.5 Å². The maximum Gasteiger partial charge on any atom is 0.239 e. The summed E-state index contributed by atoms with van der Waals surface area (Å²) in [6, 6.07) is -0.0543. The van der Waals surface area contributed by atoms with E-state index in [-0.39, 0.29) is 24.6 Å². The largest absolute Gasteiger partial charge is 0.353 e. The summed E-state index contributed by atoms with van der Waals surface area (Å²) in [5.41, 5.74) is 0.